The van der Waals surface area contributed by atoms with Crippen molar-refractivity contribution in [3.63, 3.8) is 0 Å². The number of aromatic nitrogens is 3. The summed E-state index contributed by atoms with van der Waals surface area (Å²) in [6.45, 7) is 0.474. The molecule has 0 atom stereocenters. The fourth-order valence-electron chi connectivity index (χ4n) is 0.998. The van der Waals surface area contributed by atoms with Crippen LogP contribution >= 0.6 is 12.4 Å². The second-order valence-electron chi connectivity index (χ2n) is 2.29. The summed E-state index contributed by atoms with van der Waals surface area (Å²) in [4.78, 5) is 3.96. The molecule has 0 unspecified atom stereocenters. The maximum atomic E-state index is 5.42. The summed E-state index contributed by atoms with van der Waals surface area (Å²) >= 11 is 0. The van der Waals surface area contributed by atoms with Crippen LogP contribution in [0.15, 0.2) is 24.7 Å². The Labute approximate surface area is 75.8 Å². The predicted molar refractivity (Wildman–Crippen MR) is 48.1 cm³/mol. The number of fused-ring (bicyclic) bond motifs is 1. The molecule has 2 heterocycles. The summed E-state index contributed by atoms with van der Waals surface area (Å²) in [5.74, 6) is 0. The molecule has 12 heavy (non-hydrogen) atoms. The average Bonchev–Trinajstić information content (AvgIpc) is 2.46. The Morgan fingerprint density at radius 3 is 3.00 bits per heavy atom. The van der Waals surface area contributed by atoms with Gasteiger partial charge in [0.25, 0.3) is 0 Å². The van der Waals surface area contributed by atoms with Crippen molar-refractivity contribution in [3.05, 3.63) is 30.4 Å². The van der Waals surface area contributed by atoms with Crippen molar-refractivity contribution in [2.45, 2.75) is 6.54 Å². The number of rotatable bonds is 1. The summed E-state index contributed by atoms with van der Waals surface area (Å²) < 4.78 is 1.76. The van der Waals surface area contributed by atoms with E-state index < -0.39 is 0 Å². The number of hydrogen-bond acceptors (Lipinski definition) is 3. The molecule has 0 amide bonds. The molecule has 2 N–H and O–H groups in total. The van der Waals surface area contributed by atoms with Crippen molar-refractivity contribution in [1.29, 1.82) is 0 Å². The minimum atomic E-state index is 0. The van der Waals surface area contributed by atoms with E-state index in [4.69, 9.17) is 5.73 Å². The Hall–Kier alpha value is -1.13. The lowest BCUT2D eigenvalue weighted by molar-refractivity contribution is 0.877. The number of halogens is 1. The fraction of sp³-hybridized carbons (Fsp3) is 0.143. The topological polar surface area (TPSA) is 56.2 Å². The van der Waals surface area contributed by atoms with Gasteiger partial charge in [-0.1, -0.05) is 0 Å². The lowest BCUT2D eigenvalue weighted by atomic mass is 10.4. The van der Waals surface area contributed by atoms with Crippen molar-refractivity contribution in [2.24, 2.45) is 5.73 Å². The van der Waals surface area contributed by atoms with Crippen LogP contribution in [0.4, 0.5) is 0 Å². The summed E-state index contributed by atoms with van der Waals surface area (Å²) in [5.41, 5.74) is 7.28. The Balaban J connectivity index is 0.000000720. The van der Waals surface area contributed by atoms with Gasteiger partial charge in [0, 0.05) is 18.9 Å². The molecule has 0 aromatic carbocycles. The summed E-state index contributed by atoms with van der Waals surface area (Å²) in [7, 11) is 0. The minimum Gasteiger partial charge on any atom is -0.325 e. The highest BCUT2D eigenvalue weighted by atomic mass is 35.5. The monoisotopic (exact) mass is 184 g/mol. The fourth-order valence-corrected chi connectivity index (χ4v) is 0.998. The number of hydrogen-bond donors (Lipinski definition) is 1. The van der Waals surface area contributed by atoms with Gasteiger partial charge in [0.1, 0.15) is 0 Å². The molecule has 64 valence electrons. The Morgan fingerprint density at radius 2 is 2.33 bits per heavy atom. The molecule has 2 rings (SSSR count). The normalized spacial score (nSPS) is 9.75. The maximum Gasteiger partial charge on any atom is 0.0848 e. The van der Waals surface area contributed by atoms with Crippen molar-refractivity contribution in [3.8, 4) is 0 Å². The van der Waals surface area contributed by atoms with Gasteiger partial charge in [0.05, 0.1) is 17.4 Å². The highest BCUT2D eigenvalue weighted by molar-refractivity contribution is 5.85. The molecular weight excluding hydrogens is 176 g/mol. The number of nitrogens with zero attached hydrogens (tertiary/aromatic N) is 3. The molecule has 0 aliphatic rings. The molecule has 5 heteroatoms. The van der Waals surface area contributed by atoms with Gasteiger partial charge in [-0.05, 0) is 6.07 Å². The first-order valence-corrected chi connectivity index (χ1v) is 3.38. The summed E-state index contributed by atoms with van der Waals surface area (Å²) in [5, 5.41) is 4.18. The lowest BCUT2D eigenvalue weighted by Gasteiger charge is -1.86. The third-order valence-corrected chi connectivity index (χ3v) is 1.53. The Kier molecular flexibility index (Phi) is 2.62. The van der Waals surface area contributed by atoms with Gasteiger partial charge in [0.2, 0.25) is 0 Å². The van der Waals surface area contributed by atoms with Gasteiger partial charge >= 0.3 is 0 Å². The van der Waals surface area contributed by atoms with Crippen molar-refractivity contribution in [1.82, 2.24) is 14.6 Å². The van der Waals surface area contributed by atoms with Crippen molar-refractivity contribution >= 4 is 17.9 Å². The molecule has 0 fully saturated rings. The predicted octanol–water partition coefficient (Wildman–Crippen LogP) is 0.610. The summed E-state index contributed by atoms with van der Waals surface area (Å²) in [6.07, 6.45) is 5.25. The quantitative estimate of drug-likeness (QED) is 0.707. The molecule has 2 aromatic heterocycles. The molecule has 4 nitrogen and oxygen atoms in total. The van der Waals surface area contributed by atoms with Crippen LogP contribution in [0.25, 0.3) is 5.52 Å². The molecule has 0 saturated carbocycles. The molecular formula is C7H9ClN4. The van der Waals surface area contributed by atoms with E-state index >= 15 is 0 Å². The zero-order chi connectivity index (χ0) is 7.68. The lowest BCUT2D eigenvalue weighted by Crippen LogP contribution is -1.96. The second-order valence-corrected chi connectivity index (χ2v) is 2.29. The molecule has 0 radical (unpaired) electrons. The first kappa shape index (κ1) is 8.96. The van der Waals surface area contributed by atoms with Crippen LogP contribution in [0.5, 0.6) is 0 Å². The van der Waals surface area contributed by atoms with Gasteiger partial charge in [-0.25, -0.2) is 4.52 Å². The van der Waals surface area contributed by atoms with E-state index in [0.29, 0.717) is 6.54 Å². The minimum absolute atomic E-state index is 0. The average molecular weight is 185 g/mol. The van der Waals surface area contributed by atoms with E-state index in [1.54, 1.807) is 23.1 Å². The molecule has 0 spiro atoms. The van der Waals surface area contributed by atoms with Gasteiger partial charge in [-0.2, -0.15) is 5.10 Å². The van der Waals surface area contributed by atoms with Crippen LogP contribution in [0.2, 0.25) is 0 Å². The largest absolute Gasteiger partial charge is 0.325 e. The Morgan fingerprint density at radius 1 is 1.50 bits per heavy atom. The summed E-state index contributed by atoms with van der Waals surface area (Å²) in [6, 6.07) is 1.92. The highest BCUT2D eigenvalue weighted by Crippen LogP contribution is 2.02. The van der Waals surface area contributed by atoms with E-state index in [2.05, 4.69) is 10.1 Å². The van der Waals surface area contributed by atoms with E-state index in [-0.39, 0.29) is 12.4 Å². The van der Waals surface area contributed by atoms with Gasteiger partial charge < -0.3 is 5.73 Å². The van der Waals surface area contributed by atoms with Gasteiger partial charge in [-0.3, -0.25) is 4.98 Å². The van der Waals surface area contributed by atoms with E-state index in [1.165, 1.54) is 0 Å². The smallest absolute Gasteiger partial charge is 0.0848 e. The van der Waals surface area contributed by atoms with Crippen LogP contribution in [0, 0.1) is 0 Å². The first-order valence-electron chi connectivity index (χ1n) is 3.38. The Bertz CT molecular complexity index is 337. The van der Waals surface area contributed by atoms with Gasteiger partial charge in [0.15, 0.2) is 0 Å². The maximum absolute atomic E-state index is 5.42. The highest BCUT2D eigenvalue weighted by Gasteiger charge is 1.96. The van der Waals surface area contributed by atoms with E-state index in [1.807, 2.05) is 6.07 Å². The van der Waals surface area contributed by atoms with Crippen LogP contribution in [-0.2, 0) is 6.54 Å². The first-order chi connectivity index (χ1) is 5.40. The van der Waals surface area contributed by atoms with Crippen LogP contribution < -0.4 is 5.73 Å². The standard InChI is InChI=1S/C7H8N4.ClH/c8-4-6-3-7-5-9-1-2-11(7)10-6;/h1-3,5H,4,8H2;1H. The van der Waals surface area contributed by atoms with Crippen molar-refractivity contribution in [2.75, 3.05) is 0 Å². The van der Waals surface area contributed by atoms with E-state index in [0.717, 1.165) is 11.2 Å². The zero-order valence-electron chi connectivity index (χ0n) is 6.34. The third kappa shape index (κ3) is 1.39. The molecule has 0 bridgehead atoms. The van der Waals surface area contributed by atoms with Crippen LogP contribution in [-0.4, -0.2) is 14.6 Å². The molecule has 0 aliphatic carbocycles. The molecule has 0 saturated heterocycles. The zero-order valence-corrected chi connectivity index (χ0v) is 7.16. The molecule has 0 aliphatic heterocycles. The van der Waals surface area contributed by atoms with Gasteiger partial charge in [-0.15, -0.1) is 12.4 Å². The van der Waals surface area contributed by atoms with Crippen LogP contribution in [0.1, 0.15) is 5.69 Å². The van der Waals surface area contributed by atoms with Crippen LogP contribution in [0.3, 0.4) is 0 Å². The SMILES string of the molecule is Cl.NCc1cc2cnccn2n1. The number of nitrogens with two attached hydrogens (primary N) is 1. The molecule has 2 aromatic rings. The van der Waals surface area contributed by atoms with E-state index in [9.17, 15) is 0 Å². The third-order valence-electron chi connectivity index (χ3n) is 1.53. The van der Waals surface area contributed by atoms with Crippen molar-refractivity contribution < 1.29 is 0 Å². The second kappa shape index (κ2) is 3.51.